The SMILES string of the molecule is COC1CC[C@H]2[C@@H]3C(C)CC4=CC(=O)CC[C@]4(C)[C@@H]3CC[C@]12C. The van der Waals surface area contributed by atoms with Crippen molar-refractivity contribution in [1.29, 1.82) is 0 Å². The molecule has 4 rings (SSSR count). The van der Waals surface area contributed by atoms with Gasteiger partial charge in [-0.2, -0.15) is 0 Å². The molecule has 4 aliphatic rings. The molecule has 4 aliphatic carbocycles. The average Bonchev–Trinajstić information content (AvgIpc) is 2.85. The number of ether oxygens (including phenoxy) is 1. The standard InChI is InChI=1S/C21H32O2/c1-13-11-14-12-15(22)7-9-20(14,2)17-8-10-21(3)16(19(13)17)5-6-18(21)23-4/h12-13,16-19H,5-11H2,1-4H3/t13?,16-,17+,18?,19-,20-,21-/m0/s1. The maximum Gasteiger partial charge on any atom is 0.155 e. The van der Waals surface area contributed by atoms with Crippen molar-refractivity contribution in [2.45, 2.75) is 71.8 Å². The van der Waals surface area contributed by atoms with Gasteiger partial charge in [-0.1, -0.05) is 26.3 Å². The van der Waals surface area contributed by atoms with Gasteiger partial charge in [0.1, 0.15) is 0 Å². The minimum absolute atomic E-state index is 0.289. The van der Waals surface area contributed by atoms with Crippen LogP contribution in [0.25, 0.3) is 0 Å². The van der Waals surface area contributed by atoms with E-state index in [1.54, 1.807) is 0 Å². The van der Waals surface area contributed by atoms with E-state index in [1.165, 1.54) is 31.3 Å². The molecule has 0 aromatic carbocycles. The fraction of sp³-hybridized carbons (Fsp3) is 0.857. The molecular weight excluding hydrogens is 284 g/mol. The molecule has 0 aromatic rings. The average molecular weight is 316 g/mol. The van der Waals surface area contributed by atoms with Crippen molar-refractivity contribution < 1.29 is 9.53 Å². The number of carbonyl (C=O) groups excluding carboxylic acids is 1. The lowest BCUT2D eigenvalue weighted by Crippen LogP contribution is -2.53. The second-order valence-corrected chi connectivity index (χ2v) is 9.37. The minimum Gasteiger partial charge on any atom is -0.381 e. The molecule has 3 fully saturated rings. The van der Waals surface area contributed by atoms with E-state index in [4.69, 9.17) is 4.74 Å². The molecular formula is C21H32O2. The van der Waals surface area contributed by atoms with E-state index in [0.29, 0.717) is 23.2 Å². The van der Waals surface area contributed by atoms with Crippen molar-refractivity contribution >= 4 is 5.78 Å². The van der Waals surface area contributed by atoms with Gasteiger partial charge in [0.05, 0.1) is 6.10 Å². The fourth-order valence-corrected chi connectivity index (χ4v) is 7.24. The van der Waals surface area contributed by atoms with Gasteiger partial charge < -0.3 is 4.74 Å². The summed E-state index contributed by atoms with van der Waals surface area (Å²) in [6, 6.07) is 0. The van der Waals surface area contributed by atoms with Gasteiger partial charge in [-0.15, -0.1) is 0 Å². The summed E-state index contributed by atoms with van der Waals surface area (Å²) < 4.78 is 5.89. The van der Waals surface area contributed by atoms with E-state index in [9.17, 15) is 4.79 Å². The first-order chi connectivity index (χ1) is 10.9. The maximum atomic E-state index is 11.9. The third kappa shape index (κ3) is 2.06. The Labute approximate surface area is 141 Å². The van der Waals surface area contributed by atoms with Crippen LogP contribution < -0.4 is 0 Å². The zero-order valence-electron chi connectivity index (χ0n) is 15.2. The summed E-state index contributed by atoms with van der Waals surface area (Å²) in [7, 11) is 1.91. The number of fused-ring (bicyclic) bond motifs is 5. The third-order valence-electron chi connectivity index (χ3n) is 8.51. The second-order valence-electron chi connectivity index (χ2n) is 9.37. The summed E-state index contributed by atoms with van der Waals surface area (Å²) >= 11 is 0. The van der Waals surface area contributed by atoms with E-state index in [-0.39, 0.29) is 5.41 Å². The number of hydrogen-bond acceptors (Lipinski definition) is 2. The van der Waals surface area contributed by atoms with E-state index in [0.717, 1.165) is 37.0 Å². The molecule has 7 atom stereocenters. The molecule has 0 spiro atoms. The smallest absolute Gasteiger partial charge is 0.155 e. The molecule has 0 aliphatic heterocycles. The highest BCUT2D eigenvalue weighted by atomic mass is 16.5. The van der Waals surface area contributed by atoms with Crippen LogP contribution in [0, 0.1) is 34.5 Å². The minimum atomic E-state index is 0.289. The van der Waals surface area contributed by atoms with Gasteiger partial charge in [0.2, 0.25) is 0 Å². The Morgan fingerprint density at radius 2 is 1.91 bits per heavy atom. The molecule has 0 amide bonds. The molecule has 0 radical (unpaired) electrons. The molecule has 128 valence electrons. The summed E-state index contributed by atoms with van der Waals surface area (Å²) in [5, 5.41) is 0. The molecule has 23 heavy (non-hydrogen) atoms. The predicted octanol–water partition coefficient (Wildman–Crippen LogP) is 4.78. The molecule has 0 aromatic heterocycles. The molecule has 0 saturated heterocycles. The van der Waals surface area contributed by atoms with Crippen LogP contribution >= 0.6 is 0 Å². The summed E-state index contributed by atoms with van der Waals surface area (Å²) in [5.74, 6) is 3.50. The molecule has 2 heteroatoms. The number of hydrogen-bond donors (Lipinski definition) is 0. The third-order valence-corrected chi connectivity index (χ3v) is 8.51. The zero-order chi connectivity index (χ0) is 16.4. The number of rotatable bonds is 1. The number of allylic oxidation sites excluding steroid dienone is 1. The van der Waals surface area contributed by atoms with Crippen LogP contribution in [-0.2, 0) is 9.53 Å². The quantitative estimate of drug-likeness (QED) is 0.696. The number of ketones is 1. The summed E-state index contributed by atoms with van der Waals surface area (Å²) in [5.41, 5.74) is 2.15. The number of carbonyl (C=O) groups is 1. The second kappa shape index (κ2) is 5.18. The first kappa shape index (κ1) is 15.9. The van der Waals surface area contributed by atoms with Crippen molar-refractivity contribution in [1.82, 2.24) is 0 Å². The van der Waals surface area contributed by atoms with E-state index >= 15 is 0 Å². The van der Waals surface area contributed by atoms with Gasteiger partial charge >= 0.3 is 0 Å². The molecule has 0 N–H and O–H groups in total. The van der Waals surface area contributed by atoms with E-state index in [2.05, 4.69) is 20.8 Å². The van der Waals surface area contributed by atoms with Crippen molar-refractivity contribution in [2.24, 2.45) is 34.5 Å². The largest absolute Gasteiger partial charge is 0.381 e. The van der Waals surface area contributed by atoms with Crippen LogP contribution in [0.3, 0.4) is 0 Å². The van der Waals surface area contributed by atoms with Crippen LogP contribution in [0.2, 0.25) is 0 Å². The van der Waals surface area contributed by atoms with Crippen LogP contribution in [-0.4, -0.2) is 19.0 Å². The van der Waals surface area contributed by atoms with Crippen molar-refractivity contribution in [3.05, 3.63) is 11.6 Å². The highest BCUT2D eigenvalue weighted by Gasteiger charge is 2.60. The zero-order valence-corrected chi connectivity index (χ0v) is 15.2. The first-order valence-electron chi connectivity index (χ1n) is 9.67. The van der Waals surface area contributed by atoms with Gasteiger partial charge in [0, 0.05) is 13.5 Å². The molecule has 3 saturated carbocycles. The van der Waals surface area contributed by atoms with Crippen LogP contribution in [0.5, 0.6) is 0 Å². The van der Waals surface area contributed by atoms with Gasteiger partial charge in [-0.25, -0.2) is 0 Å². The Hall–Kier alpha value is -0.630. The maximum absolute atomic E-state index is 11.9. The van der Waals surface area contributed by atoms with Gasteiger partial charge in [-0.3, -0.25) is 4.79 Å². The lowest BCUT2D eigenvalue weighted by Gasteiger charge is -2.60. The van der Waals surface area contributed by atoms with E-state index < -0.39 is 0 Å². The highest BCUT2D eigenvalue weighted by Crippen LogP contribution is 2.66. The Kier molecular flexibility index (Phi) is 3.58. The fourth-order valence-electron chi connectivity index (χ4n) is 7.24. The van der Waals surface area contributed by atoms with Crippen molar-refractivity contribution in [2.75, 3.05) is 7.11 Å². The normalized spacial score (nSPS) is 52.4. The lowest BCUT2D eigenvalue weighted by molar-refractivity contribution is -0.120. The van der Waals surface area contributed by atoms with Gasteiger partial charge in [0.15, 0.2) is 5.78 Å². The topological polar surface area (TPSA) is 26.3 Å². The molecule has 0 bridgehead atoms. The molecule has 0 heterocycles. The Bertz CT molecular complexity index is 550. The molecule has 2 unspecified atom stereocenters. The number of methoxy groups -OCH3 is 1. The van der Waals surface area contributed by atoms with Gasteiger partial charge in [0.25, 0.3) is 0 Å². The predicted molar refractivity (Wildman–Crippen MR) is 92.1 cm³/mol. The summed E-state index contributed by atoms with van der Waals surface area (Å²) in [4.78, 5) is 11.9. The monoisotopic (exact) mass is 316 g/mol. The van der Waals surface area contributed by atoms with E-state index in [1.807, 2.05) is 13.2 Å². The Morgan fingerprint density at radius 3 is 2.65 bits per heavy atom. The molecule has 2 nitrogen and oxygen atoms in total. The van der Waals surface area contributed by atoms with Gasteiger partial charge in [-0.05, 0) is 79.1 Å². The van der Waals surface area contributed by atoms with Crippen molar-refractivity contribution in [3.63, 3.8) is 0 Å². The Balaban J connectivity index is 1.71. The Morgan fingerprint density at radius 1 is 1.13 bits per heavy atom. The lowest BCUT2D eigenvalue weighted by atomic mass is 9.45. The summed E-state index contributed by atoms with van der Waals surface area (Å²) in [6.07, 6.45) is 10.7. The highest BCUT2D eigenvalue weighted by molar-refractivity contribution is 5.91. The van der Waals surface area contributed by atoms with Crippen LogP contribution in [0.1, 0.15) is 65.7 Å². The summed E-state index contributed by atoms with van der Waals surface area (Å²) in [6.45, 7) is 7.42. The first-order valence-corrected chi connectivity index (χ1v) is 9.67. The van der Waals surface area contributed by atoms with Crippen LogP contribution in [0.4, 0.5) is 0 Å². The van der Waals surface area contributed by atoms with Crippen LogP contribution in [0.15, 0.2) is 11.6 Å². The van der Waals surface area contributed by atoms with Crippen molar-refractivity contribution in [3.8, 4) is 0 Å².